The molecule has 0 saturated heterocycles. The van der Waals surface area contributed by atoms with Crippen LogP contribution in [0.3, 0.4) is 0 Å². The van der Waals surface area contributed by atoms with Crippen molar-refractivity contribution in [2.24, 2.45) is 0 Å². The van der Waals surface area contributed by atoms with Gasteiger partial charge in [0.05, 0.1) is 9.72 Å². The number of carbonyl (C=O) groups is 1. The van der Waals surface area contributed by atoms with Gasteiger partial charge in [0.1, 0.15) is 10.3 Å². The molecule has 0 aliphatic heterocycles. The predicted octanol–water partition coefficient (Wildman–Crippen LogP) is 3.21. The number of thiophene rings is 1. The molecular weight excluding hydrogens is 286 g/mol. The number of aromatic carboxylic acids is 1. The van der Waals surface area contributed by atoms with Crippen molar-refractivity contribution >= 4 is 49.3 Å². The fraction of sp³-hybridized carbons (Fsp3) is 0.167. The van der Waals surface area contributed by atoms with Crippen LogP contribution in [0.15, 0.2) is 6.07 Å². The molecule has 0 aromatic carbocycles. The molecule has 3 rings (SSSR count). The van der Waals surface area contributed by atoms with Crippen LogP contribution in [0.2, 0.25) is 5.02 Å². The number of fused-ring (bicyclic) bond motifs is 3. The van der Waals surface area contributed by atoms with E-state index in [0.29, 0.717) is 10.2 Å². The first-order chi connectivity index (χ1) is 8.99. The number of halogens is 1. The van der Waals surface area contributed by atoms with Crippen molar-refractivity contribution in [3.63, 3.8) is 0 Å². The second-order valence-corrected chi connectivity index (χ2v) is 5.59. The third kappa shape index (κ3) is 1.75. The zero-order valence-electron chi connectivity index (χ0n) is 10.1. The Morgan fingerprint density at radius 2 is 2.11 bits per heavy atom. The third-order valence-electron chi connectivity index (χ3n) is 2.82. The quantitative estimate of drug-likeness (QED) is 0.745. The van der Waals surface area contributed by atoms with E-state index in [1.807, 2.05) is 19.9 Å². The van der Waals surface area contributed by atoms with Crippen LogP contribution in [0.25, 0.3) is 20.4 Å². The third-order valence-corrected chi connectivity index (χ3v) is 4.39. The molecule has 0 unspecified atom stereocenters. The Balaban J connectivity index is 2.50. The normalized spacial score (nSPS) is 11.3. The van der Waals surface area contributed by atoms with Gasteiger partial charge in [-0.1, -0.05) is 11.6 Å². The average Bonchev–Trinajstić information content (AvgIpc) is 2.68. The molecule has 0 amide bonds. The van der Waals surface area contributed by atoms with Crippen LogP contribution >= 0.6 is 22.9 Å². The number of hydrogen-bond donors (Lipinski definition) is 1. The number of nitrogens with zero attached hydrogens (tertiary/aromatic N) is 3. The van der Waals surface area contributed by atoms with Crippen molar-refractivity contribution in [2.75, 3.05) is 0 Å². The Kier molecular flexibility index (Phi) is 2.65. The second kappa shape index (κ2) is 4.11. The topological polar surface area (TPSA) is 76.0 Å². The summed E-state index contributed by atoms with van der Waals surface area (Å²) >= 11 is 7.44. The maximum Gasteiger partial charge on any atom is 0.358 e. The Morgan fingerprint density at radius 3 is 2.79 bits per heavy atom. The van der Waals surface area contributed by atoms with Crippen molar-refractivity contribution < 1.29 is 9.90 Å². The summed E-state index contributed by atoms with van der Waals surface area (Å²) in [6.07, 6.45) is 0. The lowest BCUT2D eigenvalue weighted by molar-refractivity contribution is 0.0690. The van der Waals surface area contributed by atoms with E-state index in [4.69, 9.17) is 16.7 Å². The second-order valence-electron chi connectivity index (χ2n) is 4.21. The van der Waals surface area contributed by atoms with Crippen LogP contribution in [0.4, 0.5) is 0 Å². The minimum atomic E-state index is -1.18. The summed E-state index contributed by atoms with van der Waals surface area (Å²) in [6.45, 7) is 3.87. The molecule has 0 saturated carbocycles. The van der Waals surface area contributed by atoms with Gasteiger partial charge < -0.3 is 5.11 Å². The number of rotatable bonds is 1. The van der Waals surface area contributed by atoms with Crippen LogP contribution in [-0.4, -0.2) is 26.3 Å². The number of carboxylic acid groups (broad SMARTS) is 1. The van der Waals surface area contributed by atoms with Crippen molar-refractivity contribution in [2.45, 2.75) is 13.8 Å². The van der Waals surface area contributed by atoms with E-state index in [2.05, 4.69) is 15.2 Å². The molecule has 1 N–H and O–H groups in total. The molecule has 96 valence electrons. The van der Waals surface area contributed by atoms with Gasteiger partial charge in [0, 0.05) is 11.1 Å². The molecule has 3 heterocycles. The standard InChI is InChI=1S/C12H8ClN3O2S/c1-4-3-5(2)14-11-6(4)8-10(19-11)7(13)9(12(17)18)16-15-8/h3H,1-2H3,(H,17,18). The molecular formula is C12H8ClN3O2S. The number of carboxylic acids is 1. The maximum atomic E-state index is 11.0. The summed E-state index contributed by atoms with van der Waals surface area (Å²) in [6, 6.07) is 1.95. The van der Waals surface area contributed by atoms with Crippen molar-refractivity contribution in [1.29, 1.82) is 0 Å². The van der Waals surface area contributed by atoms with Crippen molar-refractivity contribution in [3.05, 3.63) is 28.0 Å². The minimum Gasteiger partial charge on any atom is -0.476 e. The van der Waals surface area contributed by atoms with E-state index in [9.17, 15) is 4.79 Å². The fourth-order valence-electron chi connectivity index (χ4n) is 2.06. The molecule has 0 radical (unpaired) electrons. The van der Waals surface area contributed by atoms with E-state index >= 15 is 0 Å². The highest BCUT2D eigenvalue weighted by Crippen LogP contribution is 2.38. The number of hydrogen-bond acceptors (Lipinski definition) is 5. The lowest BCUT2D eigenvalue weighted by atomic mass is 10.1. The monoisotopic (exact) mass is 293 g/mol. The Bertz CT molecular complexity index is 844. The lowest BCUT2D eigenvalue weighted by Gasteiger charge is -1.99. The van der Waals surface area contributed by atoms with Gasteiger partial charge in [-0.2, -0.15) is 0 Å². The highest BCUT2D eigenvalue weighted by atomic mass is 35.5. The molecule has 3 aromatic rings. The van der Waals surface area contributed by atoms with Gasteiger partial charge >= 0.3 is 5.97 Å². The summed E-state index contributed by atoms with van der Waals surface area (Å²) in [5, 5.41) is 17.7. The summed E-state index contributed by atoms with van der Waals surface area (Å²) in [7, 11) is 0. The summed E-state index contributed by atoms with van der Waals surface area (Å²) in [4.78, 5) is 16.2. The van der Waals surface area contributed by atoms with E-state index in [1.54, 1.807) is 0 Å². The maximum absolute atomic E-state index is 11.0. The zero-order valence-corrected chi connectivity index (χ0v) is 11.6. The van der Waals surface area contributed by atoms with Crippen LogP contribution < -0.4 is 0 Å². The SMILES string of the molecule is Cc1cc(C)c2c(n1)sc1c(Cl)c(C(=O)O)nnc12. The van der Waals surface area contributed by atoms with Gasteiger partial charge in [0.2, 0.25) is 0 Å². The fourth-order valence-corrected chi connectivity index (χ4v) is 3.55. The molecule has 0 aliphatic carbocycles. The van der Waals surface area contributed by atoms with Crippen LogP contribution in [0.5, 0.6) is 0 Å². The Morgan fingerprint density at radius 1 is 1.37 bits per heavy atom. The summed E-state index contributed by atoms with van der Waals surface area (Å²) in [5.41, 5.74) is 2.32. The van der Waals surface area contributed by atoms with Crippen LogP contribution in [0.1, 0.15) is 21.7 Å². The van der Waals surface area contributed by atoms with Gasteiger partial charge in [-0.15, -0.1) is 21.5 Å². The first kappa shape index (κ1) is 12.3. The smallest absolute Gasteiger partial charge is 0.358 e. The highest BCUT2D eigenvalue weighted by Gasteiger charge is 2.20. The molecule has 7 heteroatoms. The van der Waals surface area contributed by atoms with Crippen molar-refractivity contribution in [3.8, 4) is 0 Å². The lowest BCUT2D eigenvalue weighted by Crippen LogP contribution is -2.02. The number of aryl methyl sites for hydroxylation is 2. The average molecular weight is 294 g/mol. The molecule has 0 aliphatic rings. The Hall–Kier alpha value is -1.79. The van der Waals surface area contributed by atoms with E-state index < -0.39 is 5.97 Å². The van der Waals surface area contributed by atoms with Gasteiger partial charge in [0.15, 0.2) is 5.69 Å². The molecule has 19 heavy (non-hydrogen) atoms. The highest BCUT2D eigenvalue weighted by molar-refractivity contribution is 7.26. The number of aromatic nitrogens is 3. The number of pyridine rings is 1. The van der Waals surface area contributed by atoms with E-state index in [1.165, 1.54) is 11.3 Å². The predicted molar refractivity (Wildman–Crippen MR) is 74.2 cm³/mol. The van der Waals surface area contributed by atoms with Gasteiger partial charge in [0.25, 0.3) is 0 Å². The van der Waals surface area contributed by atoms with Crippen LogP contribution in [-0.2, 0) is 0 Å². The van der Waals surface area contributed by atoms with E-state index in [-0.39, 0.29) is 10.7 Å². The molecule has 0 spiro atoms. The minimum absolute atomic E-state index is 0.123. The summed E-state index contributed by atoms with van der Waals surface area (Å²) < 4.78 is 0.616. The molecule has 0 atom stereocenters. The van der Waals surface area contributed by atoms with Crippen LogP contribution in [0, 0.1) is 13.8 Å². The van der Waals surface area contributed by atoms with Crippen molar-refractivity contribution in [1.82, 2.24) is 15.2 Å². The Labute approximate surface area is 116 Å². The van der Waals surface area contributed by atoms with E-state index in [0.717, 1.165) is 21.5 Å². The molecule has 0 fully saturated rings. The molecule has 3 aromatic heterocycles. The van der Waals surface area contributed by atoms with Gasteiger partial charge in [-0.05, 0) is 25.5 Å². The zero-order chi connectivity index (χ0) is 13.7. The first-order valence-electron chi connectivity index (χ1n) is 5.45. The molecule has 0 bridgehead atoms. The van der Waals surface area contributed by atoms with Gasteiger partial charge in [-0.25, -0.2) is 9.78 Å². The van der Waals surface area contributed by atoms with Gasteiger partial charge in [-0.3, -0.25) is 0 Å². The summed E-state index contributed by atoms with van der Waals surface area (Å²) in [5.74, 6) is -1.18. The molecule has 5 nitrogen and oxygen atoms in total. The first-order valence-corrected chi connectivity index (χ1v) is 6.64. The largest absolute Gasteiger partial charge is 0.476 e.